The summed E-state index contributed by atoms with van der Waals surface area (Å²) in [6, 6.07) is 4.73. The Kier molecular flexibility index (Phi) is 5.37. The number of nitrogens with zero attached hydrogens (tertiary/aromatic N) is 2. The summed E-state index contributed by atoms with van der Waals surface area (Å²) in [6.45, 7) is 8.53. The van der Waals surface area contributed by atoms with Gasteiger partial charge in [-0.25, -0.2) is 9.59 Å². The fourth-order valence-corrected chi connectivity index (χ4v) is 3.66. The SMILES string of the molecule is C[C@H]1CN(C(=O)OC(C)(C)C)CCN1C(=O)c1cccc(C(=O)O)c1C1CC1. The highest BCUT2D eigenvalue weighted by Gasteiger charge is 2.36. The van der Waals surface area contributed by atoms with Gasteiger partial charge < -0.3 is 19.6 Å². The molecule has 1 aliphatic carbocycles. The van der Waals surface area contributed by atoms with Gasteiger partial charge >= 0.3 is 12.1 Å². The predicted molar refractivity (Wildman–Crippen MR) is 104 cm³/mol. The van der Waals surface area contributed by atoms with Crippen LogP contribution in [0.3, 0.4) is 0 Å². The summed E-state index contributed by atoms with van der Waals surface area (Å²) in [7, 11) is 0. The lowest BCUT2D eigenvalue weighted by Crippen LogP contribution is -2.56. The Morgan fingerprint density at radius 2 is 1.75 bits per heavy atom. The number of benzene rings is 1. The molecule has 28 heavy (non-hydrogen) atoms. The summed E-state index contributed by atoms with van der Waals surface area (Å²) in [5, 5.41) is 9.52. The fourth-order valence-electron chi connectivity index (χ4n) is 3.66. The van der Waals surface area contributed by atoms with Gasteiger partial charge in [-0.05, 0) is 64.2 Å². The molecule has 0 bridgehead atoms. The number of hydrogen-bond acceptors (Lipinski definition) is 4. The van der Waals surface area contributed by atoms with E-state index >= 15 is 0 Å². The molecule has 0 radical (unpaired) electrons. The largest absolute Gasteiger partial charge is 0.478 e. The van der Waals surface area contributed by atoms with Crippen LogP contribution in [-0.2, 0) is 4.74 Å². The number of carbonyl (C=O) groups is 3. The van der Waals surface area contributed by atoms with Gasteiger partial charge in [-0.1, -0.05) is 6.07 Å². The van der Waals surface area contributed by atoms with E-state index in [-0.39, 0.29) is 29.5 Å². The molecule has 1 aromatic rings. The van der Waals surface area contributed by atoms with Gasteiger partial charge in [-0.3, -0.25) is 4.79 Å². The smallest absolute Gasteiger partial charge is 0.410 e. The van der Waals surface area contributed by atoms with E-state index in [1.165, 1.54) is 0 Å². The van der Waals surface area contributed by atoms with Crippen molar-refractivity contribution >= 4 is 18.0 Å². The third-order valence-corrected chi connectivity index (χ3v) is 5.09. The summed E-state index contributed by atoms with van der Waals surface area (Å²) in [4.78, 5) is 40.5. The van der Waals surface area contributed by atoms with E-state index in [2.05, 4.69) is 0 Å². The van der Waals surface area contributed by atoms with E-state index in [9.17, 15) is 19.5 Å². The maximum absolute atomic E-state index is 13.2. The third-order valence-electron chi connectivity index (χ3n) is 5.09. The number of amides is 2. The van der Waals surface area contributed by atoms with Crippen LogP contribution in [0.15, 0.2) is 18.2 Å². The Morgan fingerprint density at radius 3 is 2.29 bits per heavy atom. The molecule has 0 aromatic heterocycles. The minimum Gasteiger partial charge on any atom is -0.478 e. The minimum atomic E-state index is -1.00. The van der Waals surface area contributed by atoms with Gasteiger partial charge in [0.05, 0.1) is 5.56 Å². The molecule has 2 aliphatic rings. The summed E-state index contributed by atoms with van der Waals surface area (Å²) in [5.41, 5.74) is 0.777. The monoisotopic (exact) mass is 388 g/mol. The highest BCUT2D eigenvalue weighted by molar-refractivity contribution is 6.00. The molecule has 152 valence electrons. The van der Waals surface area contributed by atoms with Crippen molar-refractivity contribution < 1.29 is 24.2 Å². The second-order valence-corrected chi connectivity index (χ2v) is 8.62. The first-order valence-electron chi connectivity index (χ1n) is 9.73. The first-order valence-corrected chi connectivity index (χ1v) is 9.73. The van der Waals surface area contributed by atoms with Crippen LogP contribution in [0.4, 0.5) is 4.79 Å². The van der Waals surface area contributed by atoms with Gasteiger partial charge in [0.25, 0.3) is 5.91 Å². The van der Waals surface area contributed by atoms with E-state index in [0.29, 0.717) is 30.8 Å². The quantitative estimate of drug-likeness (QED) is 0.858. The predicted octanol–water partition coefficient (Wildman–Crippen LogP) is 3.34. The molecule has 1 aromatic carbocycles. The van der Waals surface area contributed by atoms with Crippen LogP contribution in [0.25, 0.3) is 0 Å². The van der Waals surface area contributed by atoms with E-state index in [1.807, 2.05) is 27.7 Å². The van der Waals surface area contributed by atoms with Crippen molar-refractivity contribution in [3.8, 4) is 0 Å². The first-order chi connectivity index (χ1) is 13.1. The van der Waals surface area contributed by atoms with Crippen molar-refractivity contribution in [2.45, 2.75) is 58.1 Å². The second-order valence-electron chi connectivity index (χ2n) is 8.62. The highest BCUT2D eigenvalue weighted by Crippen LogP contribution is 2.43. The first kappa shape index (κ1) is 20.2. The number of piperazine rings is 1. The molecule has 0 spiro atoms. The van der Waals surface area contributed by atoms with Crippen LogP contribution in [-0.4, -0.2) is 64.2 Å². The zero-order chi connectivity index (χ0) is 20.6. The Morgan fingerprint density at radius 1 is 1.11 bits per heavy atom. The lowest BCUT2D eigenvalue weighted by atomic mass is 9.95. The Bertz CT molecular complexity index is 794. The van der Waals surface area contributed by atoms with Gasteiger partial charge in [0.15, 0.2) is 0 Å². The van der Waals surface area contributed by atoms with Crippen molar-refractivity contribution in [3.63, 3.8) is 0 Å². The number of hydrogen-bond donors (Lipinski definition) is 1. The molecule has 1 heterocycles. The van der Waals surface area contributed by atoms with Crippen molar-refractivity contribution in [1.82, 2.24) is 9.80 Å². The van der Waals surface area contributed by atoms with Crippen LogP contribution in [0, 0.1) is 0 Å². The van der Waals surface area contributed by atoms with Crippen molar-refractivity contribution in [1.29, 1.82) is 0 Å². The molecule has 2 fully saturated rings. The van der Waals surface area contributed by atoms with Crippen LogP contribution in [0.2, 0.25) is 0 Å². The Balaban J connectivity index is 1.77. The number of rotatable bonds is 3. The molecule has 1 atom stereocenters. The topological polar surface area (TPSA) is 87.2 Å². The number of carboxylic acid groups (broad SMARTS) is 1. The summed E-state index contributed by atoms with van der Waals surface area (Å²) < 4.78 is 5.43. The third kappa shape index (κ3) is 4.29. The molecule has 7 nitrogen and oxygen atoms in total. The average molecular weight is 388 g/mol. The zero-order valence-electron chi connectivity index (χ0n) is 16.9. The molecular formula is C21H28N2O5. The molecule has 1 N–H and O–H groups in total. The van der Waals surface area contributed by atoms with Crippen molar-refractivity contribution in [2.75, 3.05) is 19.6 Å². The molecule has 1 aliphatic heterocycles. The lowest BCUT2D eigenvalue weighted by molar-refractivity contribution is 0.00613. The van der Waals surface area contributed by atoms with E-state index < -0.39 is 11.6 Å². The van der Waals surface area contributed by atoms with E-state index in [0.717, 1.165) is 12.8 Å². The van der Waals surface area contributed by atoms with Crippen molar-refractivity contribution in [3.05, 3.63) is 34.9 Å². The number of carboxylic acids is 1. The Hall–Kier alpha value is -2.57. The molecule has 3 rings (SSSR count). The van der Waals surface area contributed by atoms with E-state index in [4.69, 9.17) is 4.74 Å². The van der Waals surface area contributed by atoms with Gasteiger partial charge in [0.2, 0.25) is 0 Å². The fraction of sp³-hybridized carbons (Fsp3) is 0.571. The minimum absolute atomic E-state index is 0.143. The normalized spacial score (nSPS) is 20.1. The van der Waals surface area contributed by atoms with Crippen LogP contribution in [0.1, 0.15) is 72.7 Å². The molecule has 0 unspecified atom stereocenters. The van der Waals surface area contributed by atoms with Crippen molar-refractivity contribution in [2.24, 2.45) is 0 Å². The van der Waals surface area contributed by atoms with Crippen LogP contribution >= 0.6 is 0 Å². The molecule has 1 saturated heterocycles. The summed E-state index contributed by atoms with van der Waals surface area (Å²) in [5.74, 6) is -1.02. The highest BCUT2D eigenvalue weighted by atomic mass is 16.6. The standard InChI is InChI=1S/C21H28N2O5/c1-13-12-22(20(27)28-21(2,3)4)10-11-23(13)18(24)15-6-5-7-16(19(25)26)17(15)14-8-9-14/h5-7,13-14H,8-12H2,1-4H3,(H,25,26)/t13-/m0/s1. The molecule has 1 saturated carbocycles. The summed E-state index contributed by atoms with van der Waals surface area (Å²) in [6.07, 6.45) is 1.44. The second kappa shape index (κ2) is 7.45. The molecule has 7 heteroatoms. The Labute approximate surface area is 165 Å². The molecular weight excluding hydrogens is 360 g/mol. The van der Waals surface area contributed by atoms with Gasteiger partial charge in [0, 0.05) is 31.2 Å². The van der Waals surface area contributed by atoms with Crippen LogP contribution in [0.5, 0.6) is 0 Å². The van der Waals surface area contributed by atoms with Gasteiger partial charge in [-0.15, -0.1) is 0 Å². The van der Waals surface area contributed by atoms with Crippen LogP contribution < -0.4 is 0 Å². The number of carbonyl (C=O) groups excluding carboxylic acids is 2. The van der Waals surface area contributed by atoms with E-state index in [1.54, 1.807) is 28.0 Å². The maximum atomic E-state index is 13.2. The molecule has 2 amide bonds. The van der Waals surface area contributed by atoms with Gasteiger partial charge in [-0.2, -0.15) is 0 Å². The number of ether oxygens (including phenoxy) is 1. The maximum Gasteiger partial charge on any atom is 0.410 e. The number of aromatic carboxylic acids is 1. The van der Waals surface area contributed by atoms with Gasteiger partial charge in [0.1, 0.15) is 5.60 Å². The summed E-state index contributed by atoms with van der Waals surface area (Å²) >= 11 is 0. The zero-order valence-corrected chi connectivity index (χ0v) is 16.9. The lowest BCUT2D eigenvalue weighted by Gasteiger charge is -2.40. The average Bonchev–Trinajstić information content (AvgIpc) is 3.43.